The third kappa shape index (κ3) is 4.46. The van der Waals surface area contributed by atoms with Crippen molar-refractivity contribution in [3.8, 4) is 0 Å². The SMILES string of the molecule is Cc1ccc(S(=O)(=O)OCC(=O)O[C@@H]2C[C@@](C)(C=O)[C@@H](O)[C@H](C)[C@]34CCC(=O)[C@H]3[C@@]2(C)C(C)CC4)cc1. The van der Waals surface area contributed by atoms with E-state index in [1.54, 1.807) is 19.1 Å². The van der Waals surface area contributed by atoms with Crippen molar-refractivity contribution in [1.29, 1.82) is 0 Å². The highest BCUT2D eigenvalue weighted by atomic mass is 32.2. The Morgan fingerprint density at radius 3 is 2.43 bits per heavy atom. The van der Waals surface area contributed by atoms with Crippen molar-refractivity contribution in [2.24, 2.45) is 34.0 Å². The van der Waals surface area contributed by atoms with Gasteiger partial charge in [0.05, 0.1) is 16.4 Å². The zero-order valence-electron chi connectivity index (χ0n) is 22.2. The van der Waals surface area contributed by atoms with Crippen LogP contribution >= 0.6 is 0 Å². The molecule has 3 aliphatic carbocycles. The van der Waals surface area contributed by atoms with E-state index in [1.165, 1.54) is 12.1 Å². The summed E-state index contributed by atoms with van der Waals surface area (Å²) >= 11 is 0. The van der Waals surface area contributed by atoms with E-state index in [2.05, 4.69) is 0 Å². The molecule has 0 amide bonds. The van der Waals surface area contributed by atoms with Gasteiger partial charge in [0.25, 0.3) is 10.1 Å². The zero-order valence-corrected chi connectivity index (χ0v) is 23.0. The highest BCUT2D eigenvalue weighted by Crippen LogP contribution is 2.67. The van der Waals surface area contributed by atoms with Crippen LogP contribution in [0.4, 0.5) is 0 Å². The van der Waals surface area contributed by atoms with Gasteiger partial charge in [0.1, 0.15) is 18.2 Å². The molecule has 0 saturated heterocycles. The summed E-state index contributed by atoms with van der Waals surface area (Å²) in [5.74, 6) is -1.51. The van der Waals surface area contributed by atoms with Crippen molar-refractivity contribution < 1.29 is 36.8 Å². The van der Waals surface area contributed by atoms with E-state index >= 15 is 0 Å². The van der Waals surface area contributed by atoms with Crippen molar-refractivity contribution in [1.82, 2.24) is 0 Å². The van der Waals surface area contributed by atoms with Gasteiger partial charge in [0.2, 0.25) is 0 Å². The monoisotopic (exact) mass is 534 g/mol. The summed E-state index contributed by atoms with van der Waals surface area (Å²) in [6.07, 6.45) is 1.42. The highest BCUT2D eigenvalue weighted by molar-refractivity contribution is 7.86. The molecule has 0 aromatic heterocycles. The maximum Gasteiger partial charge on any atom is 0.333 e. The van der Waals surface area contributed by atoms with E-state index in [1.807, 2.05) is 27.7 Å². The Morgan fingerprint density at radius 2 is 1.81 bits per heavy atom. The van der Waals surface area contributed by atoms with Gasteiger partial charge in [-0.05, 0) is 62.0 Å². The number of hydrogen-bond acceptors (Lipinski definition) is 8. The maximum absolute atomic E-state index is 13.4. The molecule has 204 valence electrons. The number of carbonyl (C=O) groups is 3. The Bertz CT molecular complexity index is 1180. The van der Waals surface area contributed by atoms with Crippen molar-refractivity contribution in [3.05, 3.63) is 29.8 Å². The minimum atomic E-state index is -4.19. The lowest BCUT2D eigenvalue weighted by molar-refractivity contribution is -0.210. The van der Waals surface area contributed by atoms with Crippen LogP contribution in [0.1, 0.15) is 65.4 Å². The number of aliphatic hydroxyl groups is 1. The predicted octanol–water partition coefficient (Wildman–Crippen LogP) is 3.62. The molecule has 1 unspecified atom stereocenters. The molecule has 2 bridgehead atoms. The summed E-state index contributed by atoms with van der Waals surface area (Å²) in [6.45, 7) is 8.58. The second kappa shape index (κ2) is 9.58. The molecule has 3 saturated carbocycles. The number of benzene rings is 1. The fraction of sp³-hybridized carbons (Fsp3) is 0.679. The van der Waals surface area contributed by atoms with Crippen LogP contribution in [-0.2, 0) is 33.4 Å². The normalized spacial score (nSPS) is 39.8. The molecule has 3 aliphatic rings. The average molecular weight is 535 g/mol. The Hall–Kier alpha value is -2.10. The molecule has 0 heterocycles. The first kappa shape index (κ1) is 27.9. The summed E-state index contributed by atoms with van der Waals surface area (Å²) in [5, 5.41) is 11.4. The molecule has 1 aromatic rings. The lowest BCUT2D eigenvalue weighted by atomic mass is 9.44. The summed E-state index contributed by atoms with van der Waals surface area (Å²) in [5.41, 5.74) is -1.60. The Morgan fingerprint density at radius 1 is 1.16 bits per heavy atom. The van der Waals surface area contributed by atoms with Crippen LogP contribution in [0.3, 0.4) is 0 Å². The van der Waals surface area contributed by atoms with Gasteiger partial charge in [0, 0.05) is 17.8 Å². The number of carbonyl (C=O) groups excluding carboxylic acids is 3. The molecule has 0 aliphatic heterocycles. The van der Waals surface area contributed by atoms with Crippen molar-refractivity contribution in [2.75, 3.05) is 6.61 Å². The number of aldehydes is 1. The first-order valence-electron chi connectivity index (χ1n) is 13.0. The van der Waals surface area contributed by atoms with Crippen LogP contribution in [0.25, 0.3) is 0 Å². The van der Waals surface area contributed by atoms with Gasteiger partial charge in [-0.25, -0.2) is 4.79 Å². The molecular formula is C28H38O8S. The molecule has 3 fully saturated rings. The first-order chi connectivity index (χ1) is 17.2. The third-order valence-corrected chi connectivity index (χ3v) is 11.3. The molecular weight excluding hydrogens is 496 g/mol. The number of Topliss-reactive ketones (excluding diaryl/α,β-unsaturated/α-hetero) is 1. The maximum atomic E-state index is 13.4. The van der Waals surface area contributed by atoms with Gasteiger partial charge in [-0.3, -0.25) is 8.98 Å². The molecule has 9 heteroatoms. The first-order valence-corrected chi connectivity index (χ1v) is 14.4. The Balaban J connectivity index is 1.65. The van der Waals surface area contributed by atoms with E-state index in [0.717, 1.165) is 24.7 Å². The average Bonchev–Trinajstić information content (AvgIpc) is 3.21. The van der Waals surface area contributed by atoms with Gasteiger partial charge in [0.15, 0.2) is 6.61 Å². The molecule has 8 atom stereocenters. The molecule has 1 aromatic carbocycles. The van der Waals surface area contributed by atoms with Crippen molar-refractivity contribution in [3.63, 3.8) is 0 Å². The van der Waals surface area contributed by atoms with E-state index < -0.39 is 57.1 Å². The van der Waals surface area contributed by atoms with Gasteiger partial charge in [-0.15, -0.1) is 0 Å². The molecule has 0 spiro atoms. The second-order valence-electron chi connectivity index (χ2n) is 12.0. The van der Waals surface area contributed by atoms with E-state index in [-0.39, 0.29) is 28.9 Å². The molecule has 8 nitrogen and oxygen atoms in total. The number of aliphatic hydroxyl groups excluding tert-OH is 1. The van der Waals surface area contributed by atoms with Gasteiger partial charge in [-0.2, -0.15) is 8.42 Å². The molecule has 0 radical (unpaired) electrons. The van der Waals surface area contributed by atoms with E-state index in [0.29, 0.717) is 12.8 Å². The summed E-state index contributed by atoms with van der Waals surface area (Å²) in [6, 6.07) is 6.06. The van der Waals surface area contributed by atoms with Crippen molar-refractivity contribution in [2.45, 2.75) is 83.8 Å². The molecule has 1 N–H and O–H groups in total. The van der Waals surface area contributed by atoms with Crippen LogP contribution in [0.5, 0.6) is 0 Å². The highest BCUT2D eigenvalue weighted by Gasteiger charge is 2.68. The van der Waals surface area contributed by atoms with Gasteiger partial charge in [-0.1, -0.05) is 45.4 Å². The molecule has 37 heavy (non-hydrogen) atoms. The van der Waals surface area contributed by atoms with Crippen LogP contribution < -0.4 is 0 Å². The standard InChI is InChI=1S/C28H38O8S/c1-17-6-8-20(9-7-17)37(33,34)35-15-23(31)36-22-14-26(4,16-29)25(32)19(3)28-12-10-18(2)27(22,5)24(28)21(30)11-13-28/h6-9,16,18-19,22,24-25,32H,10-15H2,1-5H3/t18?,19-,22+,24-,25-,26-,27-,28-/m0/s1. The van der Waals surface area contributed by atoms with E-state index in [4.69, 9.17) is 8.92 Å². The van der Waals surface area contributed by atoms with Gasteiger partial charge >= 0.3 is 5.97 Å². The second-order valence-corrected chi connectivity index (χ2v) is 13.6. The largest absolute Gasteiger partial charge is 0.460 e. The minimum absolute atomic E-state index is 0.000953. The Labute approximate surface area is 219 Å². The fourth-order valence-electron chi connectivity index (χ4n) is 7.51. The van der Waals surface area contributed by atoms with E-state index in [9.17, 15) is 27.9 Å². The number of rotatable bonds is 6. The zero-order chi connectivity index (χ0) is 27.4. The van der Waals surface area contributed by atoms with Crippen LogP contribution in [-0.4, -0.2) is 50.4 Å². The van der Waals surface area contributed by atoms with Crippen LogP contribution in [0.2, 0.25) is 0 Å². The topological polar surface area (TPSA) is 124 Å². The fourth-order valence-corrected chi connectivity index (χ4v) is 8.36. The summed E-state index contributed by atoms with van der Waals surface area (Å²) in [4.78, 5) is 38.7. The van der Waals surface area contributed by atoms with Crippen LogP contribution in [0.15, 0.2) is 29.2 Å². The lowest BCUT2D eigenvalue weighted by Crippen LogP contribution is -2.63. The minimum Gasteiger partial charge on any atom is -0.460 e. The third-order valence-electron chi connectivity index (χ3n) is 10.0. The molecule has 4 rings (SSSR count). The quantitative estimate of drug-likeness (QED) is 0.333. The number of hydrogen-bond donors (Lipinski definition) is 1. The number of ether oxygens (including phenoxy) is 1. The predicted molar refractivity (Wildman–Crippen MR) is 135 cm³/mol. The number of esters is 1. The number of ketones is 1. The summed E-state index contributed by atoms with van der Waals surface area (Å²) in [7, 11) is -4.19. The van der Waals surface area contributed by atoms with Gasteiger partial charge < -0.3 is 14.6 Å². The smallest absolute Gasteiger partial charge is 0.333 e. The lowest BCUT2D eigenvalue weighted by Gasteiger charge is -2.61. The summed E-state index contributed by atoms with van der Waals surface area (Å²) < 4.78 is 36.1. The number of aryl methyl sites for hydroxylation is 1. The Kier molecular flexibility index (Phi) is 7.23. The van der Waals surface area contributed by atoms with Crippen molar-refractivity contribution >= 4 is 28.2 Å². The van der Waals surface area contributed by atoms with Crippen LogP contribution in [0, 0.1) is 40.9 Å².